The number of carbonyl (C=O) groups excluding carboxylic acids is 2. The van der Waals surface area contributed by atoms with Crippen LogP contribution in [0.15, 0.2) is 0 Å². The third-order valence-electron chi connectivity index (χ3n) is 5.56. The molecule has 0 aromatic rings. The van der Waals surface area contributed by atoms with Crippen molar-refractivity contribution in [2.75, 3.05) is 0 Å². The number of primary amides is 1. The van der Waals surface area contributed by atoms with Crippen LogP contribution in [0.4, 0.5) is 4.79 Å². The molecule has 122 valence electrons. The molecule has 3 rings (SSSR count). The quantitative estimate of drug-likeness (QED) is 0.440. The van der Waals surface area contributed by atoms with Crippen LogP contribution in [0.5, 0.6) is 0 Å². The standard InChI is InChI=1S/C15H24N2O2.2BrH/c18-13-15(17-14(19)16-13,11-7-3-1-4-8-11)12-9-5-2-6-10-12;;/h11-12H,1-10H2,(H2,16,17,18,19);2*1H/p-1. The van der Waals surface area contributed by atoms with Crippen molar-refractivity contribution in [2.24, 2.45) is 11.8 Å². The molecule has 0 radical (unpaired) electrons. The molecular formula is C15H25Br2N2O2-. The lowest BCUT2D eigenvalue weighted by Crippen LogP contribution is -3.00. The fourth-order valence-corrected chi connectivity index (χ4v) is 4.64. The summed E-state index contributed by atoms with van der Waals surface area (Å²) in [6, 6.07) is -0.152. The first-order valence-electron chi connectivity index (χ1n) is 7.95. The maximum atomic E-state index is 12.5. The lowest BCUT2D eigenvalue weighted by atomic mass is 9.64. The Hall–Kier alpha value is 0.0600. The molecule has 0 atom stereocenters. The molecule has 3 aliphatic rings. The molecule has 6 heteroatoms. The zero-order valence-corrected chi connectivity index (χ0v) is 15.5. The van der Waals surface area contributed by atoms with Crippen LogP contribution in [0, 0.1) is 11.8 Å². The Morgan fingerprint density at radius 1 is 0.810 bits per heavy atom. The number of halogens is 2. The normalized spacial score (nSPS) is 26.7. The van der Waals surface area contributed by atoms with Gasteiger partial charge in [0.2, 0.25) is 0 Å². The van der Waals surface area contributed by atoms with E-state index in [1.165, 1.54) is 38.5 Å². The summed E-state index contributed by atoms with van der Waals surface area (Å²) >= 11 is 0. The summed E-state index contributed by atoms with van der Waals surface area (Å²) in [6.45, 7) is 0. The number of carbonyl (C=O) groups is 2. The fourth-order valence-electron chi connectivity index (χ4n) is 4.64. The molecule has 3 N–H and O–H groups in total. The highest BCUT2D eigenvalue weighted by Gasteiger charge is 2.60. The number of imide groups is 1. The SMILES string of the molecule is O=C1NC(=O)C(C2CCCCC2)(C2CCCCC2)[NH2+]1.[Br-].[Br-]. The summed E-state index contributed by atoms with van der Waals surface area (Å²) in [5.41, 5.74) is -0.460. The van der Waals surface area contributed by atoms with Crippen molar-refractivity contribution in [1.82, 2.24) is 5.32 Å². The number of urea groups is 1. The first kappa shape index (κ1) is 19.1. The summed E-state index contributed by atoms with van der Waals surface area (Å²) in [6.07, 6.45) is 11.9. The molecule has 1 saturated heterocycles. The minimum Gasteiger partial charge on any atom is -1.00 e. The summed E-state index contributed by atoms with van der Waals surface area (Å²) in [5.74, 6) is 0.808. The molecule has 3 amide bonds. The average Bonchev–Trinajstić information content (AvgIpc) is 2.76. The Kier molecular flexibility index (Phi) is 7.34. The molecule has 3 fully saturated rings. The summed E-state index contributed by atoms with van der Waals surface area (Å²) in [4.78, 5) is 24.3. The van der Waals surface area contributed by atoms with Gasteiger partial charge in [0, 0.05) is 11.8 Å². The molecule has 0 aromatic carbocycles. The molecule has 4 nitrogen and oxygen atoms in total. The zero-order chi connectivity index (χ0) is 13.3. The van der Waals surface area contributed by atoms with Gasteiger partial charge in [0.05, 0.1) is 0 Å². The van der Waals surface area contributed by atoms with Crippen LogP contribution in [0.1, 0.15) is 64.2 Å². The second-order valence-electron chi connectivity index (χ2n) is 6.57. The van der Waals surface area contributed by atoms with E-state index in [9.17, 15) is 9.59 Å². The number of quaternary nitrogens is 1. The van der Waals surface area contributed by atoms with Gasteiger partial charge in [-0.1, -0.05) is 38.5 Å². The predicted molar refractivity (Wildman–Crippen MR) is 71.3 cm³/mol. The number of amides is 3. The Morgan fingerprint density at radius 2 is 1.24 bits per heavy atom. The van der Waals surface area contributed by atoms with Crippen LogP contribution in [-0.2, 0) is 4.79 Å². The maximum Gasteiger partial charge on any atom is 0.420 e. The highest BCUT2D eigenvalue weighted by atomic mass is 79.9. The van der Waals surface area contributed by atoms with Crippen molar-refractivity contribution in [3.05, 3.63) is 0 Å². The number of hydrogen-bond acceptors (Lipinski definition) is 2. The van der Waals surface area contributed by atoms with E-state index in [4.69, 9.17) is 0 Å². The van der Waals surface area contributed by atoms with Crippen molar-refractivity contribution in [2.45, 2.75) is 69.7 Å². The van der Waals surface area contributed by atoms with Crippen molar-refractivity contribution in [1.29, 1.82) is 0 Å². The van der Waals surface area contributed by atoms with Crippen molar-refractivity contribution < 1.29 is 48.9 Å². The summed E-state index contributed by atoms with van der Waals surface area (Å²) < 4.78 is 0. The number of nitrogens with one attached hydrogen (secondary N) is 1. The highest BCUT2D eigenvalue weighted by molar-refractivity contribution is 6.00. The Morgan fingerprint density at radius 3 is 1.57 bits per heavy atom. The molecule has 0 unspecified atom stereocenters. The molecule has 0 bridgehead atoms. The van der Waals surface area contributed by atoms with E-state index in [2.05, 4.69) is 5.32 Å². The minimum absolute atomic E-state index is 0. The first-order valence-corrected chi connectivity index (χ1v) is 7.95. The van der Waals surface area contributed by atoms with E-state index in [1.54, 1.807) is 5.32 Å². The monoisotopic (exact) mass is 423 g/mol. The second-order valence-corrected chi connectivity index (χ2v) is 6.57. The van der Waals surface area contributed by atoms with Gasteiger partial charge in [0.25, 0.3) is 5.91 Å². The first-order chi connectivity index (χ1) is 9.23. The third kappa shape index (κ3) is 3.53. The van der Waals surface area contributed by atoms with Crippen LogP contribution in [-0.4, -0.2) is 17.5 Å². The van der Waals surface area contributed by atoms with Gasteiger partial charge in [-0.3, -0.25) is 4.79 Å². The van der Waals surface area contributed by atoms with Crippen molar-refractivity contribution in [3.63, 3.8) is 0 Å². The average molecular weight is 425 g/mol. The minimum atomic E-state index is -0.460. The number of rotatable bonds is 2. The van der Waals surface area contributed by atoms with E-state index < -0.39 is 5.54 Å². The fraction of sp³-hybridized carbons (Fsp3) is 0.867. The molecule has 21 heavy (non-hydrogen) atoms. The molecule has 2 aliphatic carbocycles. The Bertz CT molecular complexity index is 360. The van der Waals surface area contributed by atoms with Gasteiger partial charge in [-0.25, -0.2) is 15.4 Å². The smallest absolute Gasteiger partial charge is 0.420 e. The van der Waals surface area contributed by atoms with Crippen LogP contribution in [0.2, 0.25) is 0 Å². The van der Waals surface area contributed by atoms with Gasteiger partial charge >= 0.3 is 6.03 Å². The number of hydrogen-bond donors (Lipinski definition) is 2. The van der Waals surface area contributed by atoms with E-state index in [0.717, 1.165) is 25.7 Å². The van der Waals surface area contributed by atoms with Crippen molar-refractivity contribution >= 4 is 11.9 Å². The van der Waals surface area contributed by atoms with E-state index in [-0.39, 0.29) is 45.9 Å². The molecule has 0 aromatic heterocycles. The van der Waals surface area contributed by atoms with Gasteiger partial charge in [-0.15, -0.1) is 0 Å². The number of nitrogens with two attached hydrogens (primary N) is 1. The predicted octanol–water partition coefficient (Wildman–Crippen LogP) is -4.29. The third-order valence-corrected chi connectivity index (χ3v) is 5.56. The van der Waals surface area contributed by atoms with Gasteiger partial charge in [0.15, 0.2) is 5.54 Å². The lowest BCUT2D eigenvalue weighted by Gasteiger charge is -2.40. The van der Waals surface area contributed by atoms with Crippen molar-refractivity contribution in [3.8, 4) is 0 Å². The topological polar surface area (TPSA) is 62.8 Å². The zero-order valence-electron chi connectivity index (χ0n) is 12.4. The molecular weight excluding hydrogens is 400 g/mol. The molecule has 1 aliphatic heterocycles. The van der Waals surface area contributed by atoms with E-state index in [0.29, 0.717) is 11.8 Å². The van der Waals surface area contributed by atoms with E-state index >= 15 is 0 Å². The summed E-state index contributed by atoms with van der Waals surface area (Å²) in [5, 5.41) is 4.33. The largest absolute Gasteiger partial charge is 1.00 e. The Balaban J connectivity index is 0.00000110. The second kappa shape index (κ2) is 8.06. The van der Waals surface area contributed by atoms with Gasteiger partial charge in [0.1, 0.15) is 0 Å². The maximum absolute atomic E-state index is 12.5. The van der Waals surface area contributed by atoms with Crippen LogP contribution in [0.3, 0.4) is 0 Å². The van der Waals surface area contributed by atoms with Gasteiger partial charge in [-0.2, -0.15) is 0 Å². The van der Waals surface area contributed by atoms with E-state index in [1.807, 2.05) is 0 Å². The van der Waals surface area contributed by atoms with Crippen LogP contribution >= 0.6 is 0 Å². The van der Waals surface area contributed by atoms with Gasteiger partial charge < -0.3 is 34.0 Å². The van der Waals surface area contributed by atoms with Gasteiger partial charge in [-0.05, 0) is 25.7 Å². The highest BCUT2D eigenvalue weighted by Crippen LogP contribution is 2.41. The molecule has 2 saturated carbocycles. The summed E-state index contributed by atoms with van der Waals surface area (Å²) in [7, 11) is 0. The lowest BCUT2D eigenvalue weighted by molar-refractivity contribution is -0.632. The van der Waals surface area contributed by atoms with Crippen LogP contribution < -0.4 is 44.6 Å². The molecule has 0 spiro atoms. The van der Waals surface area contributed by atoms with Crippen LogP contribution in [0.25, 0.3) is 0 Å². The molecule has 1 heterocycles. The Labute approximate surface area is 147 Å².